The standard InChI is InChI=1S/C13H20N2OS/c16-13(4-3-11-5-7-17-10-11)15-9-12-2-1-6-14-8-12/h5,7,10,12,14H,1-4,6,8-9H2,(H,15,16)/t12-/m0/s1. The Kier molecular flexibility index (Phi) is 5.01. The van der Waals surface area contributed by atoms with Gasteiger partial charge in [0, 0.05) is 13.0 Å². The first-order valence-electron chi connectivity index (χ1n) is 6.33. The number of rotatable bonds is 5. The average Bonchev–Trinajstić information content (AvgIpc) is 2.88. The molecule has 94 valence electrons. The van der Waals surface area contributed by atoms with E-state index in [4.69, 9.17) is 0 Å². The van der Waals surface area contributed by atoms with Crippen LogP contribution in [0, 0.1) is 5.92 Å². The van der Waals surface area contributed by atoms with Crippen LogP contribution in [0.3, 0.4) is 0 Å². The van der Waals surface area contributed by atoms with Gasteiger partial charge >= 0.3 is 0 Å². The van der Waals surface area contributed by atoms with Crippen molar-refractivity contribution in [3.05, 3.63) is 22.4 Å². The molecule has 1 aromatic rings. The number of aryl methyl sites for hydroxylation is 1. The lowest BCUT2D eigenvalue weighted by molar-refractivity contribution is -0.121. The summed E-state index contributed by atoms with van der Waals surface area (Å²) in [7, 11) is 0. The van der Waals surface area contributed by atoms with E-state index < -0.39 is 0 Å². The van der Waals surface area contributed by atoms with Crippen molar-refractivity contribution in [3.63, 3.8) is 0 Å². The highest BCUT2D eigenvalue weighted by molar-refractivity contribution is 7.07. The van der Waals surface area contributed by atoms with Gasteiger partial charge in [0.15, 0.2) is 0 Å². The van der Waals surface area contributed by atoms with Gasteiger partial charge in [-0.25, -0.2) is 0 Å². The van der Waals surface area contributed by atoms with Crippen molar-refractivity contribution in [2.45, 2.75) is 25.7 Å². The van der Waals surface area contributed by atoms with Crippen LogP contribution >= 0.6 is 11.3 Å². The number of piperidine rings is 1. The van der Waals surface area contributed by atoms with Gasteiger partial charge in [-0.2, -0.15) is 11.3 Å². The van der Waals surface area contributed by atoms with E-state index in [2.05, 4.69) is 27.5 Å². The molecule has 0 bridgehead atoms. The molecule has 3 nitrogen and oxygen atoms in total. The van der Waals surface area contributed by atoms with E-state index in [1.54, 1.807) is 11.3 Å². The Morgan fingerprint density at radius 1 is 1.59 bits per heavy atom. The maximum absolute atomic E-state index is 11.7. The van der Waals surface area contributed by atoms with Gasteiger partial charge in [-0.3, -0.25) is 4.79 Å². The number of carbonyl (C=O) groups is 1. The lowest BCUT2D eigenvalue weighted by Crippen LogP contribution is -2.38. The highest BCUT2D eigenvalue weighted by atomic mass is 32.1. The summed E-state index contributed by atoms with van der Waals surface area (Å²) in [5, 5.41) is 10.6. The van der Waals surface area contributed by atoms with Gasteiger partial charge in [0.1, 0.15) is 0 Å². The fourth-order valence-corrected chi connectivity index (χ4v) is 2.84. The first-order valence-corrected chi connectivity index (χ1v) is 7.27. The summed E-state index contributed by atoms with van der Waals surface area (Å²) in [5.41, 5.74) is 1.27. The highest BCUT2D eigenvalue weighted by Gasteiger charge is 2.13. The Morgan fingerprint density at radius 3 is 3.24 bits per heavy atom. The minimum atomic E-state index is 0.182. The summed E-state index contributed by atoms with van der Waals surface area (Å²) >= 11 is 1.69. The van der Waals surface area contributed by atoms with Crippen molar-refractivity contribution >= 4 is 17.2 Å². The largest absolute Gasteiger partial charge is 0.356 e. The zero-order valence-electron chi connectivity index (χ0n) is 10.1. The first kappa shape index (κ1) is 12.6. The smallest absolute Gasteiger partial charge is 0.220 e. The molecule has 17 heavy (non-hydrogen) atoms. The first-order chi connectivity index (χ1) is 8.34. The van der Waals surface area contributed by atoms with Crippen LogP contribution in [0.5, 0.6) is 0 Å². The normalized spacial score (nSPS) is 20.1. The number of carbonyl (C=O) groups excluding carboxylic acids is 1. The Hall–Kier alpha value is -0.870. The summed E-state index contributed by atoms with van der Waals surface area (Å²) in [6.07, 6.45) is 3.93. The predicted molar refractivity (Wildman–Crippen MR) is 71.2 cm³/mol. The summed E-state index contributed by atoms with van der Waals surface area (Å²) in [6.45, 7) is 3.00. The number of hydrogen-bond donors (Lipinski definition) is 2. The lowest BCUT2D eigenvalue weighted by atomic mass is 10.00. The SMILES string of the molecule is O=C(CCc1ccsc1)NC[C@H]1CCCNC1. The Balaban J connectivity index is 1.60. The molecule has 1 fully saturated rings. The van der Waals surface area contributed by atoms with Crippen molar-refractivity contribution in [2.24, 2.45) is 5.92 Å². The minimum absolute atomic E-state index is 0.182. The molecule has 2 N–H and O–H groups in total. The van der Waals surface area contributed by atoms with E-state index >= 15 is 0 Å². The lowest BCUT2D eigenvalue weighted by Gasteiger charge is -2.22. The van der Waals surface area contributed by atoms with Crippen molar-refractivity contribution in [1.82, 2.24) is 10.6 Å². The molecular formula is C13H20N2OS. The molecule has 0 radical (unpaired) electrons. The van der Waals surface area contributed by atoms with Crippen LogP contribution in [0.4, 0.5) is 0 Å². The molecule has 0 aromatic carbocycles. The topological polar surface area (TPSA) is 41.1 Å². The van der Waals surface area contributed by atoms with Crippen LogP contribution < -0.4 is 10.6 Å². The number of hydrogen-bond acceptors (Lipinski definition) is 3. The molecule has 0 spiro atoms. The molecule has 1 aromatic heterocycles. The quantitative estimate of drug-likeness (QED) is 0.839. The van der Waals surface area contributed by atoms with Gasteiger partial charge in [0.2, 0.25) is 5.91 Å². The number of thiophene rings is 1. The molecule has 1 aliphatic heterocycles. The molecule has 4 heteroatoms. The van der Waals surface area contributed by atoms with Crippen molar-refractivity contribution in [1.29, 1.82) is 0 Å². The van der Waals surface area contributed by atoms with Crippen LogP contribution in [-0.2, 0) is 11.2 Å². The molecule has 2 rings (SSSR count). The molecule has 0 aliphatic carbocycles. The molecular weight excluding hydrogens is 232 g/mol. The Bertz CT molecular complexity index is 331. The Labute approximate surface area is 107 Å². The third-order valence-corrected chi connectivity index (χ3v) is 3.94. The number of amides is 1. The molecule has 0 saturated carbocycles. The molecule has 1 atom stereocenters. The molecule has 0 unspecified atom stereocenters. The fourth-order valence-electron chi connectivity index (χ4n) is 2.14. The summed E-state index contributed by atoms with van der Waals surface area (Å²) in [4.78, 5) is 11.7. The van der Waals surface area contributed by atoms with Crippen LogP contribution in [0.25, 0.3) is 0 Å². The third-order valence-electron chi connectivity index (χ3n) is 3.21. The van der Waals surface area contributed by atoms with Crippen LogP contribution in [0.1, 0.15) is 24.8 Å². The van der Waals surface area contributed by atoms with E-state index in [1.807, 2.05) is 0 Å². The zero-order chi connectivity index (χ0) is 11.9. The molecule has 1 aliphatic rings. The summed E-state index contributed by atoms with van der Waals surface area (Å²) in [5.74, 6) is 0.802. The van der Waals surface area contributed by atoms with Gasteiger partial charge in [0.25, 0.3) is 0 Å². The maximum atomic E-state index is 11.7. The average molecular weight is 252 g/mol. The van der Waals surface area contributed by atoms with Crippen molar-refractivity contribution in [3.8, 4) is 0 Å². The predicted octanol–water partition coefficient (Wildman–Crippen LogP) is 1.80. The van der Waals surface area contributed by atoms with Gasteiger partial charge in [-0.05, 0) is 60.7 Å². The van der Waals surface area contributed by atoms with Gasteiger partial charge in [-0.1, -0.05) is 0 Å². The number of nitrogens with one attached hydrogen (secondary N) is 2. The summed E-state index contributed by atoms with van der Waals surface area (Å²) in [6, 6.07) is 2.09. The second kappa shape index (κ2) is 6.77. The van der Waals surface area contributed by atoms with Crippen LogP contribution in [0.2, 0.25) is 0 Å². The van der Waals surface area contributed by atoms with Gasteiger partial charge in [0.05, 0.1) is 0 Å². The van der Waals surface area contributed by atoms with Gasteiger partial charge in [-0.15, -0.1) is 0 Å². The van der Waals surface area contributed by atoms with Crippen molar-refractivity contribution in [2.75, 3.05) is 19.6 Å². The maximum Gasteiger partial charge on any atom is 0.220 e. The van der Waals surface area contributed by atoms with Crippen LogP contribution in [0.15, 0.2) is 16.8 Å². The fraction of sp³-hybridized carbons (Fsp3) is 0.615. The van der Waals surface area contributed by atoms with Gasteiger partial charge < -0.3 is 10.6 Å². The van der Waals surface area contributed by atoms with E-state index in [1.165, 1.54) is 18.4 Å². The second-order valence-corrected chi connectivity index (χ2v) is 5.43. The van der Waals surface area contributed by atoms with E-state index in [-0.39, 0.29) is 5.91 Å². The highest BCUT2D eigenvalue weighted by Crippen LogP contribution is 2.10. The molecule has 1 amide bonds. The Morgan fingerprint density at radius 2 is 2.53 bits per heavy atom. The molecule has 2 heterocycles. The second-order valence-electron chi connectivity index (χ2n) is 4.65. The monoisotopic (exact) mass is 252 g/mol. The third kappa shape index (κ3) is 4.48. The van der Waals surface area contributed by atoms with Crippen LogP contribution in [-0.4, -0.2) is 25.5 Å². The van der Waals surface area contributed by atoms with E-state index in [9.17, 15) is 4.79 Å². The van der Waals surface area contributed by atoms with Crippen molar-refractivity contribution < 1.29 is 4.79 Å². The molecule has 1 saturated heterocycles. The summed E-state index contributed by atoms with van der Waals surface area (Å²) < 4.78 is 0. The van der Waals surface area contributed by atoms with E-state index in [0.717, 1.165) is 26.1 Å². The van der Waals surface area contributed by atoms with E-state index in [0.29, 0.717) is 12.3 Å². The zero-order valence-corrected chi connectivity index (χ0v) is 10.9. The minimum Gasteiger partial charge on any atom is -0.356 e.